The first-order chi connectivity index (χ1) is 9.56. The molecule has 9 nitrogen and oxygen atoms in total. The number of H-pyrrole nitrogens is 2. The average Bonchev–Trinajstić information content (AvgIpc) is 2.91. The number of carbonyl (C=O) groups excluding carboxylic acids is 1. The number of aromatic amines is 2. The third-order valence-corrected chi connectivity index (χ3v) is 2.49. The van der Waals surface area contributed by atoms with Crippen molar-refractivity contribution in [2.75, 3.05) is 0 Å². The zero-order valence-electron chi connectivity index (χ0n) is 10.2. The Hall–Kier alpha value is -2.97. The van der Waals surface area contributed by atoms with Crippen molar-refractivity contribution in [2.45, 2.75) is 12.5 Å². The smallest absolute Gasteiger partial charge is 0.326 e. The van der Waals surface area contributed by atoms with Gasteiger partial charge in [-0.05, 0) is 6.07 Å². The molecule has 0 aliphatic carbocycles. The molecule has 0 aromatic carbocycles. The second-order valence-electron chi connectivity index (χ2n) is 3.95. The van der Waals surface area contributed by atoms with Crippen LogP contribution < -0.4 is 10.9 Å². The van der Waals surface area contributed by atoms with Gasteiger partial charge in [-0.25, -0.2) is 14.9 Å². The van der Waals surface area contributed by atoms with Gasteiger partial charge in [-0.2, -0.15) is 5.10 Å². The summed E-state index contributed by atoms with van der Waals surface area (Å²) in [6, 6.07) is 1.22. The maximum Gasteiger partial charge on any atom is 0.326 e. The van der Waals surface area contributed by atoms with Crippen molar-refractivity contribution >= 4 is 11.9 Å². The number of hydrogen-bond acceptors (Lipinski definition) is 5. The zero-order valence-corrected chi connectivity index (χ0v) is 10.2. The molecule has 2 aromatic rings. The number of nitrogens with one attached hydrogen (secondary N) is 3. The maximum atomic E-state index is 11.8. The van der Waals surface area contributed by atoms with Gasteiger partial charge in [-0.3, -0.25) is 9.59 Å². The topological polar surface area (TPSA) is 141 Å². The average molecular weight is 277 g/mol. The molecule has 104 valence electrons. The van der Waals surface area contributed by atoms with Crippen LogP contribution in [0.5, 0.6) is 0 Å². The monoisotopic (exact) mass is 277 g/mol. The van der Waals surface area contributed by atoms with Gasteiger partial charge < -0.3 is 15.4 Å². The van der Waals surface area contributed by atoms with E-state index in [1.807, 2.05) is 0 Å². The van der Waals surface area contributed by atoms with Crippen molar-refractivity contribution in [2.24, 2.45) is 0 Å². The van der Waals surface area contributed by atoms with Crippen molar-refractivity contribution in [1.82, 2.24) is 25.5 Å². The molecule has 20 heavy (non-hydrogen) atoms. The first kappa shape index (κ1) is 13.5. The number of carboxylic acid groups (broad SMARTS) is 1. The summed E-state index contributed by atoms with van der Waals surface area (Å²) in [5, 5.41) is 17.0. The number of nitrogens with zero attached hydrogens (tertiary/aromatic N) is 2. The van der Waals surface area contributed by atoms with Gasteiger partial charge in [0.15, 0.2) is 0 Å². The number of amides is 1. The summed E-state index contributed by atoms with van der Waals surface area (Å²) in [5.74, 6) is -1.87. The molecule has 2 heterocycles. The van der Waals surface area contributed by atoms with Crippen LogP contribution in [0, 0.1) is 0 Å². The highest BCUT2D eigenvalue weighted by Crippen LogP contribution is 2.00. The first-order valence-electron chi connectivity index (χ1n) is 5.63. The highest BCUT2D eigenvalue weighted by atomic mass is 16.4. The molecule has 0 radical (unpaired) electrons. The first-order valence-corrected chi connectivity index (χ1v) is 5.63. The molecule has 0 fully saturated rings. The summed E-state index contributed by atoms with van der Waals surface area (Å²) >= 11 is 0. The molecule has 0 aliphatic rings. The quantitative estimate of drug-likeness (QED) is 0.547. The second-order valence-corrected chi connectivity index (χ2v) is 3.95. The van der Waals surface area contributed by atoms with Crippen molar-refractivity contribution in [3.05, 3.63) is 46.4 Å². The van der Waals surface area contributed by atoms with Gasteiger partial charge >= 0.3 is 5.97 Å². The molecule has 1 unspecified atom stereocenters. The Morgan fingerprint density at radius 3 is 2.75 bits per heavy atom. The molecule has 1 amide bonds. The minimum atomic E-state index is -1.18. The molecule has 0 bridgehead atoms. The van der Waals surface area contributed by atoms with E-state index in [0.29, 0.717) is 5.69 Å². The lowest BCUT2D eigenvalue weighted by atomic mass is 10.1. The summed E-state index contributed by atoms with van der Waals surface area (Å²) < 4.78 is 0. The molecule has 0 saturated carbocycles. The molecule has 2 rings (SSSR count). The van der Waals surface area contributed by atoms with E-state index in [1.54, 1.807) is 0 Å². The van der Waals surface area contributed by atoms with Crippen molar-refractivity contribution in [3.63, 3.8) is 0 Å². The highest BCUT2D eigenvalue weighted by molar-refractivity contribution is 5.94. The molecule has 0 saturated heterocycles. The van der Waals surface area contributed by atoms with E-state index in [2.05, 4.69) is 25.5 Å². The Morgan fingerprint density at radius 1 is 1.40 bits per heavy atom. The van der Waals surface area contributed by atoms with E-state index >= 15 is 0 Å². The summed E-state index contributed by atoms with van der Waals surface area (Å²) in [5.41, 5.74) is 0.0568. The summed E-state index contributed by atoms with van der Waals surface area (Å²) in [7, 11) is 0. The lowest BCUT2D eigenvalue weighted by Crippen LogP contribution is -2.42. The van der Waals surface area contributed by atoms with Crippen LogP contribution in [-0.4, -0.2) is 43.2 Å². The van der Waals surface area contributed by atoms with Crippen LogP contribution in [-0.2, 0) is 11.2 Å². The van der Waals surface area contributed by atoms with Gasteiger partial charge in [0, 0.05) is 24.4 Å². The largest absolute Gasteiger partial charge is 0.480 e. The normalized spacial score (nSPS) is 11.8. The minimum Gasteiger partial charge on any atom is -0.480 e. The van der Waals surface area contributed by atoms with E-state index in [0.717, 1.165) is 6.07 Å². The Bertz CT molecular complexity index is 643. The number of carbonyl (C=O) groups is 2. The van der Waals surface area contributed by atoms with E-state index in [4.69, 9.17) is 5.11 Å². The predicted molar refractivity (Wildman–Crippen MR) is 66.0 cm³/mol. The van der Waals surface area contributed by atoms with Crippen molar-refractivity contribution in [1.29, 1.82) is 0 Å². The Morgan fingerprint density at radius 2 is 2.20 bits per heavy atom. The molecule has 1 atom stereocenters. The van der Waals surface area contributed by atoms with E-state index in [9.17, 15) is 14.4 Å². The number of imidazole rings is 1. The van der Waals surface area contributed by atoms with Crippen LogP contribution in [0.1, 0.15) is 16.2 Å². The predicted octanol–water partition coefficient (Wildman–Crippen LogP) is -1.08. The lowest BCUT2D eigenvalue weighted by molar-refractivity contribution is -0.139. The van der Waals surface area contributed by atoms with E-state index in [-0.39, 0.29) is 12.1 Å². The fourth-order valence-corrected chi connectivity index (χ4v) is 1.52. The van der Waals surface area contributed by atoms with Crippen molar-refractivity contribution < 1.29 is 14.7 Å². The molecule has 4 N–H and O–H groups in total. The van der Waals surface area contributed by atoms with Crippen LogP contribution in [0.25, 0.3) is 0 Å². The van der Waals surface area contributed by atoms with Gasteiger partial charge in [0.05, 0.1) is 6.33 Å². The standard InChI is InChI=1S/C11H11N5O4/c17-9-2-1-7(15-16-9)10(18)14-8(11(19)20)3-6-4-12-5-13-6/h1-2,4-5,8H,3H2,(H,12,13)(H,14,18)(H,16,17)(H,19,20). The van der Waals surface area contributed by atoms with Gasteiger partial charge in [0.2, 0.25) is 0 Å². The van der Waals surface area contributed by atoms with Crippen LogP contribution in [0.2, 0.25) is 0 Å². The van der Waals surface area contributed by atoms with Crippen LogP contribution in [0.4, 0.5) is 0 Å². The van der Waals surface area contributed by atoms with Crippen LogP contribution in [0.3, 0.4) is 0 Å². The zero-order chi connectivity index (χ0) is 14.5. The SMILES string of the molecule is O=C(NC(Cc1cnc[nH]1)C(=O)O)c1ccc(=O)[nH]n1. The third kappa shape index (κ3) is 3.28. The summed E-state index contributed by atoms with van der Waals surface area (Å²) in [4.78, 5) is 40.3. The minimum absolute atomic E-state index is 0.0599. The molecule has 9 heteroatoms. The number of aliphatic carboxylic acids is 1. The van der Waals surface area contributed by atoms with Gasteiger partial charge in [-0.1, -0.05) is 0 Å². The van der Waals surface area contributed by atoms with Crippen LogP contribution >= 0.6 is 0 Å². The summed E-state index contributed by atoms with van der Waals surface area (Å²) in [6.45, 7) is 0. The van der Waals surface area contributed by atoms with E-state index < -0.39 is 23.5 Å². The third-order valence-electron chi connectivity index (χ3n) is 2.49. The maximum absolute atomic E-state index is 11.8. The number of rotatable bonds is 5. The molecule has 0 aliphatic heterocycles. The molecular weight excluding hydrogens is 266 g/mol. The van der Waals surface area contributed by atoms with Gasteiger partial charge in [0.25, 0.3) is 11.5 Å². The number of aromatic nitrogens is 4. The molecular formula is C11H11N5O4. The Labute approximate surface area is 112 Å². The second kappa shape index (κ2) is 5.78. The Kier molecular flexibility index (Phi) is 3.89. The molecule has 2 aromatic heterocycles. The van der Waals surface area contributed by atoms with Crippen molar-refractivity contribution in [3.8, 4) is 0 Å². The van der Waals surface area contributed by atoms with E-state index in [1.165, 1.54) is 18.6 Å². The lowest BCUT2D eigenvalue weighted by Gasteiger charge is -2.12. The Balaban J connectivity index is 2.08. The fourth-order valence-electron chi connectivity index (χ4n) is 1.52. The number of carboxylic acids is 1. The fraction of sp³-hybridized carbons (Fsp3) is 0.182. The number of hydrogen-bond donors (Lipinski definition) is 4. The highest BCUT2D eigenvalue weighted by Gasteiger charge is 2.22. The van der Waals surface area contributed by atoms with Gasteiger partial charge in [0.1, 0.15) is 11.7 Å². The van der Waals surface area contributed by atoms with Crippen LogP contribution in [0.15, 0.2) is 29.5 Å². The summed E-state index contributed by atoms with van der Waals surface area (Å²) in [6.07, 6.45) is 2.95. The van der Waals surface area contributed by atoms with Gasteiger partial charge in [-0.15, -0.1) is 0 Å². The molecule has 0 spiro atoms.